The summed E-state index contributed by atoms with van der Waals surface area (Å²) < 4.78 is 0. The van der Waals surface area contributed by atoms with Gasteiger partial charge in [0.25, 0.3) is 0 Å². The monoisotopic (exact) mass is 258 g/mol. The zero-order valence-corrected chi connectivity index (χ0v) is 10.5. The first kappa shape index (κ1) is 11.7. The van der Waals surface area contributed by atoms with Gasteiger partial charge >= 0.3 is 5.97 Å². The third-order valence-corrected chi connectivity index (χ3v) is 3.95. The van der Waals surface area contributed by atoms with Crippen LogP contribution in [0, 0.1) is 11.3 Å². The van der Waals surface area contributed by atoms with E-state index in [9.17, 15) is 4.79 Å². The van der Waals surface area contributed by atoms with Gasteiger partial charge < -0.3 is 5.11 Å². The number of carboxylic acid groups (broad SMARTS) is 1. The van der Waals surface area contributed by atoms with Crippen LogP contribution in [0.3, 0.4) is 0 Å². The normalized spacial score (nSPS) is 26.5. The van der Waals surface area contributed by atoms with Crippen LogP contribution in [0.4, 0.5) is 0 Å². The highest BCUT2D eigenvalue weighted by Crippen LogP contribution is 2.65. The first-order chi connectivity index (χ1) is 7.35. The molecule has 86 valence electrons. The smallest absolute Gasteiger partial charge is 0.307 e. The summed E-state index contributed by atoms with van der Waals surface area (Å²) in [5.74, 6) is -1.14. The van der Waals surface area contributed by atoms with Crippen molar-refractivity contribution >= 4 is 29.2 Å². The maximum Gasteiger partial charge on any atom is 0.307 e. The molecule has 1 fully saturated rings. The molecule has 0 saturated heterocycles. The molecular weight excluding hydrogens is 247 g/mol. The molecule has 1 aromatic carbocycles. The van der Waals surface area contributed by atoms with Crippen LogP contribution < -0.4 is 0 Å². The summed E-state index contributed by atoms with van der Waals surface area (Å²) in [4.78, 5) is 11.1. The molecule has 0 radical (unpaired) electrons. The van der Waals surface area contributed by atoms with Crippen molar-refractivity contribution in [3.8, 4) is 0 Å². The highest BCUT2D eigenvalue weighted by atomic mass is 35.5. The van der Waals surface area contributed by atoms with Crippen LogP contribution in [0.15, 0.2) is 18.2 Å². The second-order valence-electron chi connectivity index (χ2n) is 4.78. The maximum atomic E-state index is 11.1. The second kappa shape index (κ2) is 3.64. The van der Waals surface area contributed by atoms with Crippen molar-refractivity contribution in [2.45, 2.75) is 19.8 Å². The van der Waals surface area contributed by atoms with Gasteiger partial charge in [0.05, 0.1) is 5.92 Å². The lowest BCUT2D eigenvalue weighted by atomic mass is 10.0. The van der Waals surface area contributed by atoms with Crippen LogP contribution in [-0.4, -0.2) is 11.1 Å². The predicted octanol–water partition coefficient (Wildman–Crippen LogP) is 3.82. The van der Waals surface area contributed by atoms with Crippen molar-refractivity contribution in [2.24, 2.45) is 11.3 Å². The number of rotatable bonds is 2. The van der Waals surface area contributed by atoms with Gasteiger partial charge in [-0.2, -0.15) is 0 Å². The minimum atomic E-state index is -0.763. The fourth-order valence-electron chi connectivity index (χ4n) is 2.43. The molecule has 1 aliphatic rings. The number of carbonyl (C=O) groups is 1. The fourth-order valence-corrected chi connectivity index (χ4v) is 2.96. The Bertz CT molecular complexity index is 454. The van der Waals surface area contributed by atoms with Gasteiger partial charge in [-0.1, -0.05) is 43.1 Å². The molecule has 0 aromatic heterocycles. The number of aliphatic carboxylic acids is 1. The number of halogens is 2. The topological polar surface area (TPSA) is 37.3 Å². The third-order valence-electron chi connectivity index (χ3n) is 3.39. The summed E-state index contributed by atoms with van der Waals surface area (Å²) in [7, 11) is 0. The molecule has 2 nitrogen and oxygen atoms in total. The predicted molar refractivity (Wildman–Crippen MR) is 64.1 cm³/mol. The molecule has 0 amide bonds. The molecule has 2 atom stereocenters. The van der Waals surface area contributed by atoms with E-state index in [0.29, 0.717) is 10.0 Å². The van der Waals surface area contributed by atoms with Gasteiger partial charge in [0, 0.05) is 16.0 Å². The van der Waals surface area contributed by atoms with Crippen LogP contribution in [-0.2, 0) is 4.79 Å². The van der Waals surface area contributed by atoms with E-state index in [1.807, 2.05) is 19.9 Å². The summed E-state index contributed by atoms with van der Waals surface area (Å²) in [5, 5.41) is 10.2. The second-order valence-corrected chi connectivity index (χ2v) is 5.62. The Balaban J connectivity index is 2.37. The van der Waals surface area contributed by atoms with Gasteiger partial charge in [-0.15, -0.1) is 0 Å². The summed E-state index contributed by atoms with van der Waals surface area (Å²) in [6.45, 7) is 3.89. The first-order valence-electron chi connectivity index (χ1n) is 5.03. The molecule has 1 aliphatic carbocycles. The van der Waals surface area contributed by atoms with Gasteiger partial charge in [0.2, 0.25) is 0 Å². The van der Waals surface area contributed by atoms with Gasteiger partial charge in [0.15, 0.2) is 0 Å². The molecule has 4 heteroatoms. The SMILES string of the molecule is CC1(C)C(C(=O)O)C1c1ccc(Cl)cc1Cl. The lowest BCUT2D eigenvalue weighted by Crippen LogP contribution is -2.03. The van der Waals surface area contributed by atoms with Gasteiger partial charge in [-0.25, -0.2) is 0 Å². The van der Waals surface area contributed by atoms with Crippen LogP contribution in [0.5, 0.6) is 0 Å². The average molecular weight is 259 g/mol. The number of carboxylic acids is 1. The number of hydrogen-bond acceptors (Lipinski definition) is 1. The van der Waals surface area contributed by atoms with Gasteiger partial charge in [-0.05, 0) is 23.1 Å². The van der Waals surface area contributed by atoms with Crippen molar-refractivity contribution < 1.29 is 9.90 Å². The Labute approximate surface area is 104 Å². The molecule has 2 unspecified atom stereocenters. The number of hydrogen-bond donors (Lipinski definition) is 1. The molecule has 1 saturated carbocycles. The number of benzene rings is 1. The molecule has 0 spiro atoms. The van der Waals surface area contributed by atoms with Gasteiger partial charge in [0.1, 0.15) is 0 Å². The summed E-state index contributed by atoms with van der Waals surface area (Å²) >= 11 is 11.9. The van der Waals surface area contributed by atoms with Crippen LogP contribution >= 0.6 is 23.2 Å². The summed E-state index contributed by atoms with van der Waals surface area (Å²) in [5.41, 5.74) is 0.645. The largest absolute Gasteiger partial charge is 0.481 e. The molecule has 0 aliphatic heterocycles. The average Bonchev–Trinajstić information content (AvgIpc) is 2.69. The van der Waals surface area contributed by atoms with Crippen molar-refractivity contribution in [1.82, 2.24) is 0 Å². The summed E-state index contributed by atoms with van der Waals surface area (Å²) in [6, 6.07) is 5.22. The van der Waals surface area contributed by atoms with E-state index in [0.717, 1.165) is 5.56 Å². The third kappa shape index (κ3) is 1.70. The lowest BCUT2D eigenvalue weighted by molar-refractivity contribution is -0.139. The van der Waals surface area contributed by atoms with E-state index >= 15 is 0 Å². The maximum absolute atomic E-state index is 11.1. The molecule has 1 N–H and O–H groups in total. The summed E-state index contributed by atoms with van der Waals surface area (Å²) in [6.07, 6.45) is 0. The Kier molecular flexibility index (Phi) is 2.67. The highest BCUT2D eigenvalue weighted by Gasteiger charge is 2.63. The van der Waals surface area contributed by atoms with E-state index < -0.39 is 5.97 Å². The van der Waals surface area contributed by atoms with Crippen LogP contribution in [0.1, 0.15) is 25.3 Å². The van der Waals surface area contributed by atoms with E-state index in [4.69, 9.17) is 28.3 Å². The fraction of sp³-hybridized carbons (Fsp3) is 0.417. The van der Waals surface area contributed by atoms with E-state index in [1.54, 1.807) is 12.1 Å². The molecule has 0 heterocycles. The Morgan fingerprint density at radius 3 is 2.44 bits per heavy atom. The van der Waals surface area contributed by atoms with Crippen LogP contribution in [0.2, 0.25) is 10.0 Å². The van der Waals surface area contributed by atoms with Crippen molar-refractivity contribution in [3.63, 3.8) is 0 Å². The van der Waals surface area contributed by atoms with Crippen LogP contribution in [0.25, 0.3) is 0 Å². The zero-order chi connectivity index (χ0) is 12.1. The zero-order valence-electron chi connectivity index (χ0n) is 9.00. The molecular formula is C12H12Cl2O2. The van der Waals surface area contributed by atoms with Gasteiger partial charge in [-0.3, -0.25) is 4.79 Å². The Morgan fingerprint density at radius 2 is 2.00 bits per heavy atom. The van der Waals surface area contributed by atoms with E-state index in [-0.39, 0.29) is 17.3 Å². The van der Waals surface area contributed by atoms with Crippen molar-refractivity contribution in [3.05, 3.63) is 33.8 Å². The highest BCUT2D eigenvalue weighted by molar-refractivity contribution is 6.35. The minimum Gasteiger partial charge on any atom is -0.481 e. The van der Waals surface area contributed by atoms with E-state index in [2.05, 4.69) is 0 Å². The molecule has 1 aromatic rings. The molecule has 16 heavy (non-hydrogen) atoms. The molecule has 2 rings (SSSR count). The molecule has 0 bridgehead atoms. The van der Waals surface area contributed by atoms with Crippen molar-refractivity contribution in [2.75, 3.05) is 0 Å². The first-order valence-corrected chi connectivity index (χ1v) is 5.79. The quantitative estimate of drug-likeness (QED) is 0.876. The Hall–Kier alpha value is -0.730. The minimum absolute atomic E-state index is 0.0187. The standard InChI is InChI=1S/C12H12Cl2O2/c1-12(2)9(10(12)11(15)16)7-4-3-6(13)5-8(7)14/h3-5,9-10H,1-2H3,(H,15,16). The van der Waals surface area contributed by atoms with Crippen molar-refractivity contribution in [1.29, 1.82) is 0 Å². The Morgan fingerprint density at radius 1 is 1.38 bits per heavy atom. The van der Waals surface area contributed by atoms with E-state index in [1.165, 1.54) is 0 Å². The lowest BCUT2D eigenvalue weighted by Gasteiger charge is -2.05.